The van der Waals surface area contributed by atoms with Gasteiger partial charge in [0.05, 0.1) is 11.4 Å². The number of fused-ring (bicyclic) bond motifs is 2. The number of aromatic nitrogens is 3. The molecule has 0 radical (unpaired) electrons. The van der Waals surface area contributed by atoms with E-state index in [0.717, 1.165) is 61.2 Å². The van der Waals surface area contributed by atoms with E-state index in [1.807, 2.05) is 12.3 Å². The highest BCUT2D eigenvalue weighted by Gasteiger charge is 2.19. The normalized spacial score (nSPS) is 14.5. The molecule has 0 spiro atoms. The number of ether oxygens (including phenoxy) is 1. The van der Waals surface area contributed by atoms with Crippen molar-refractivity contribution >= 4 is 16.3 Å². The van der Waals surface area contributed by atoms with Crippen molar-refractivity contribution in [2.24, 2.45) is 0 Å². The molecule has 3 aromatic heterocycles. The van der Waals surface area contributed by atoms with Crippen LogP contribution in [0.3, 0.4) is 0 Å². The second-order valence-electron chi connectivity index (χ2n) is 8.51. The molecule has 0 aliphatic carbocycles. The molecule has 4 heterocycles. The van der Waals surface area contributed by atoms with Crippen LogP contribution in [-0.4, -0.2) is 50.9 Å². The van der Waals surface area contributed by atoms with Crippen LogP contribution in [0.2, 0.25) is 0 Å². The van der Waals surface area contributed by atoms with Crippen LogP contribution in [0.15, 0.2) is 54.2 Å². The zero-order chi connectivity index (χ0) is 21.9. The van der Waals surface area contributed by atoms with Crippen molar-refractivity contribution in [3.8, 4) is 5.75 Å². The summed E-state index contributed by atoms with van der Waals surface area (Å²) in [6.07, 6.45) is 4.94. The maximum Gasteiger partial charge on any atom is 0.194 e. The van der Waals surface area contributed by atoms with E-state index in [1.54, 1.807) is 11.3 Å². The molecule has 6 nitrogen and oxygen atoms in total. The fourth-order valence-electron chi connectivity index (χ4n) is 4.32. The third-order valence-electron chi connectivity index (χ3n) is 6.05. The topological polar surface area (TPSA) is 45.9 Å². The van der Waals surface area contributed by atoms with Gasteiger partial charge in [-0.2, -0.15) is 0 Å². The zero-order valence-electron chi connectivity index (χ0n) is 18.7. The first-order chi connectivity index (χ1) is 15.7. The highest BCUT2D eigenvalue weighted by molar-refractivity contribution is 7.15. The van der Waals surface area contributed by atoms with E-state index in [1.165, 1.54) is 16.8 Å². The lowest BCUT2D eigenvalue weighted by molar-refractivity contribution is 0.217. The summed E-state index contributed by atoms with van der Waals surface area (Å²) in [5, 5.41) is 2.10. The van der Waals surface area contributed by atoms with Crippen molar-refractivity contribution in [1.29, 1.82) is 0 Å². The van der Waals surface area contributed by atoms with E-state index in [-0.39, 0.29) is 0 Å². The highest BCUT2D eigenvalue weighted by atomic mass is 32.1. The number of likely N-dealkylation sites (N-methyl/N-ethyl adjacent to an activating group) is 1. The number of imidazole rings is 1. The lowest BCUT2D eigenvalue weighted by Crippen LogP contribution is -2.26. The van der Waals surface area contributed by atoms with Crippen LogP contribution < -0.4 is 4.74 Å². The average molecular weight is 448 g/mol. The molecule has 0 saturated carbocycles. The predicted octanol–water partition coefficient (Wildman–Crippen LogP) is 4.17. The SMILES string of the molecule is Cc1nc2sccn2c1CN1CCOc2ccc(CN(C)CCc3ccccn3)cc2C1. The van der Waals surface area contributed by atoms with E-state index >= 15 is 0 Å². The first kappa shape index (κ1) is 21.1. The van der Waals surface area contributed by atoms with E-state index in [2.05, 4.69) is 75.1 Å². The van der Waals surface area contributed by atoms with Crippen molar-refractivity contribution in [1.82, 2.24) is 24.2 Å². The Morgan fingerprint density at radius 2 is 2.16 bits per heavy atom. The summed E-state index contributed by atoms with van der Waals surface area (Å²) in [7, 11) is 2.17. The first-order valence-electron chi connectivity index (χ1n) is 11.1. The van der Waals surface area contributed by atoms with Crippen molar-refractivity contribution in [3.63, 3.8) is 0 Å². The lowest BCUT2D eigenvalue weighted by atomic mass is 10.1. The van der Waals surface area contributed by atoms with Crippen LogP contribution in [0.4, 0.5) is 0 Å². The Hall–Kier alpha value is -2.74. The molecule has 0 bridgehead atoms. The standard InChI is InChI=1S/C25H29N5OS/c1-19-23(30-12-14-32-25(30)27-19)18-29-11-13-31-24-7-6-20(15-21(24)17-29)16-28(2)10-8-22-5-3-4-9-26-22/h3-7,9,12,14-15H,8,10-11,13,16-18H2,1-2H3. The molecule has 7 heteroatoms. The summed E-state index contributed by atoms with van der Waals surface area (Å²) in [6.45, 7) is 7.38. The second-order valence-corrected chi connectivity index (χ2v) is 9.38. The van der Waals surface area contributed by atoms with Crippen molar-refractivity contribution in [2.75, 3.05) is 26.7 Å². The Labute approximate surface area is 193 Å². The molecule has 0 amide bonds. The Kier molecular flexibility index (Phi) is 6.21. The third-order valence-corrected chi connectivity index (χ3v) is 6.80. The highest BCUT2D eigenvalue weighted by Crippen LogP contribution is 2.27. The van der Waals surface area contributed by atoms with Gasteiger partial charge < -0.3 is 9.64 Å². The Bertz CT molecular complexity index is 1190. The summed E-state index contributed by atoms with van der Waals surface area (Å²) < 4.78 is 8.30. The third kappa shape index (κ3) is 4.70. The number of aryl methyl sites for hydroxylation is 1. The van der Waals surface area contributed by atoms with Crippen LogP contribution in [0.5, 0.6) is 5.75 Å². The van der Waals surface area contributed by atoms with Crippen LogP contribution >= 0.6 is 11.3 Å². The Morgan fingerprint density at radius 3 is 3.03 bits per heavy atom. The fraction of sp³-hybridized carbons (Fsp3) is 0.360. The Balaban J connectivity index is 1.26. The van der Waals surface area contributed by atoms with Crippen molar-refractivity contribution in [3.05, 3.63) is 82.4 Å². The van der Waals surface area contributed by atoms with Crippen molar-refractivity contribution < 1.29 is 4.74 Å². The van der Waals surface area contributed by atoms with E-state index in [9.17, 15) is 0 Å². The van der Waals surface area contributed by atoms with Crippen LogP contribution in [0.1, 0.15) is 28.2 Å². The predicted molar refractivity (Wildman–Crippen MR) is 128 cm³/mol. The zero-order valence-corrected chi connectivity index (χ0v) is 19.5. The molecule has 0 saturated heterocycles. The number of thiazole rings is 1. The van der Waals surface area contributed by atoms with Gasteiger partial charge in [-0.05, 0) is 43.8 Å². The van der Waals surface area contributed by atoms with Crippen LogP contribution in [-0.2, 0) is 26.1 Å². The van der Waals surface area contributed by atoms with Gasteiger partial charge in [0.15, 0.2) is 4.96 Å². The van der Waals surface area contributed by atoms with E-state index in [4.69, 9.17) is 9.72 Å². The molecular weight excluding hydrogens is 418 g/mol. The van der Waals surface area contributed by atoms with Gasteiger partial charge in [0.25, 0.3) is 0 Å². The summed E-state index contributed by atoms with van der Waals surface area (Å²) in [6, 6.07) is 12.8. The van der Waals surface area contributed by atoms with Gasteiger partial charge in [-0.3, -0.25) is 14.3 Å². The van der Waals surface area contributed by atoms with Gasteiger partial charge in [0.1, 0.15) is 12.4 Å². The van der Waals surface area contributed by atoms with Gasteiger partial charge >= 0.3 is 0 Å². The average Bonchev–Trinajstić information content (AvgIpc) is 3.29. The number of hydrogen-bond donors (Lipinski definition) is 0. The molecule has 0 fully saturated rings. The van der Waals surface area contributed by atoms with Crippen molar-refractivity contribution in [2.45, 2.75) is 33.0 Å². The summed E-state index contributed by atoms with van der Waals surface area (Å²) in [5.41, 5.74) is 6.11. The van der Waals surface area contributed by atoms with Crippen LogP contribution in [0.25, 0.3) is 4.96 Å². The van der Waals surface area contributed by atoms with Gasteiger partial charge in [0.2, 0.25) is 0 Å². The molecule has 32 heavy (non-hydrogen) atoms. The maximum absolute atomic E-state index is 6.08. The maximum atomic E-state index is 6.08. The van der Waals surface area contributed by atoms with Crippen LogP contribution in [0, 0.1) is 6.92 Å². The largest absolute Gasteiger partial charge is 0.492 e. The molecule has 5 rings (SSSR count). The summed E-state index contributed by atoms with van der Waals surface area (Å²) in [4.78, 5) is 15.0. The molecule has 166 valence electrons. The molecule has 0 N–H and O–H groups in total. The minimum absolute atomic E-state index is 0.709. The van der Waals surface area contributed by atoms with E-state index in [0.29, 0.717) is 6.61 Å². The number of benzene rings is 1. The minimum Gasteiger partial charge on any atom is -0.492 e. The molecule has 1 aromatic carbocycles. The summed E-state index contributed by atoms with van der Waals surface area (Å²) >= 11 is 1.69. The number of rotatable bonds is 7. The number of hydrogen-bond acceptors (Lipinski definition) is 6. The van der Waals surface area contributed by atoms with Gasteiger partial charge in [-0.25, -0.2) is 4.98 Å². The van der Waals surface area contributed by atoms with Gasteiger partial charge in [-0.15, -0.1) is 11.3 Å². The molecule has 1 aliphatic rings. The quantitative estimate of drug-likeness (QED) is 0.426. The molecule has 0 atom stereocenters. The second kappa shape index (κ2) is 9.40. The first-order valence-corrected chi connectivity index (χ1v) is 12.0. The smallest absolute Gasteiger partial charge is 0.194 e. The lowest BCUT2D eigenvalue weighted by Gasteiger charge is -2.20. The number of nitrogens with zero attached hydrogens (tertiary/aromatic N) is 5. The fourth-order valence-corrected chi connectivity index (χ4v) is 5.10. The molecule has 4 aromatic rings. The van der Waals surface area contributed by atoms with Gasteiger partial charge in [-0.1, -0.05) is 12.1 Å². The number of pyridine rings is 1. The minimum atomic E-state index is 0.709. The Morgan fingerprint density at radius 1 is 1.22 bits per heavy atom. The molecular formula is C25H29N5OS. The van der Waals surface area contributed by atoms with Gasteiger partial charge in [0, 0.05) is 68.2 Å². The summed E-state index contributed by atoms with van der Waals surface area (Å²) in [5.74, 6) is 1.01. The van der Waals surface area contributed by atoms with E-state index < -0.39 is 0 Å². The molecule has 0 unspecified atom stereocenters. The molecule has 1 aliphatic heterocycles. The monoisotopic (exact) mass is 447 g/mol.